The van der Waals surface area contributed by atoms with Crippen LogP contribution in [0.3, 0.4) is 0 Å². The van der Waals surface area contributed by atoms with E-state index >= 15 is 0 Å². The van der Waals surface area contributed by atoms with Crippen molar-refractivity contribution in [2.75, 3.05) is 5.73 Å². The number of nitrogens with zero attached hydrogens (tertiary/aromatic N) is 1. The molecule has 1 heterocycles. The second kappa shape index (κ2) is 3.38. The first-order valence-electron chi connectivity index (χ1n) is 4.02. The highest BCUT2D eigenvalue weighted by molar-refractivity contribution is 9.10. The topological polar surface area (TPSA) is 56.0 Å². The fourth-order valence-corrected chi connectivity index (χ4v) is 1.91. The predicted molar refractivity (Wildman–Crippen MR) is 59.2 cm³/mol. The molecular formula is C10H7BrN2O. The Morgan fingerprint density at radius 1 is 1.50 bits per heavy atom. The zero-order chi connectivity index (χ0) is 10.1. The summed E-state index contributed by atoms with van der Waals surface area (Å²) in [5.74, 6) is 0. The molecule has 2 rings (SSSR count). The first-order valence-corrected chi connectivity index (χ1v) is 4.81. The average molecular weight is 251 g/mol. The van der Waals surface area contributed by atoms with E-state index in [4.69, 9.17) is 5.73 Å². The molecule has 0 aliphatic rings. The largest absolute Gasteiger partial charge is 0.396 e. The third-order valence-electron chi connectivity index (χ3n) is 2.04. The number of aromatic nitrogens is 1. The van der Waals surface area contributed by atoms with Crippen LogP contribution >= 0.6 is 15.9 Å². The van der Waals surface area contributed by atoms with Crippen molar-refractivity contribution < 1.29 is 4.79 Å². The van der Waals surface area contributed by atoms with E-state index in [2.05, 4.69) is 20.9 Å². The van der Waals surface area contributed by atoms with Gasteiger partial charge in [-0.2, -0.15) is 0 Å². The number of pyridine rings is 1. The zero-order valence-electron chi connectivity index (χ0n) is 7.20. The molecule has 0 saturated carbocycles. The standard InChI is InChI=1S/C10H7BrN2O/c11-8-4-6(5-14)9(12)10-7(8)2-1-3-13-10/h1-5H,12H2. The Morgan fingerprint density at radius 3 is 3.00 bits per heavy atom. The number of carbonyl (C=O) groups is 1. The molecule has 0 amide bonds. The number of anilines is 1. The van der Waals surface area contributed by atoms with Gasteiger partial charge in [0.15, 0.2) is 6.29 Å². The number of rotatable bonds is 1. The Labute approximate surface area is 89.1 Å². The molecule has 2 N–H and O–H groups in total. The number of carbonyl (C=O) groups excluding carboxylic acids is 1. The lowest BCUT2D eigenvalue weighted by atomic mass is 10.1. The van der Waals surface area contributed by atoms with Crippen molar-refractivity contribution in [2.24, 2.45) is 0 Å². The van der Waals surface area contributed by atoms with E-state index in [-0.39, 0.29) is 0 Å². The molecule has 0 aliphatic carbocycles. The third-order valence-corrected chi connectivity index (χ3v) is 2.70. The zero-order valence-corrected chi connectivity index (χ0v) is 8.78. The number of hydrogen-bond acceptors (Lipinski definition) is 3. The first kappa shape index (κ1) is 9.15. The third kappa shape index (κ3) is 1.28. The molecule has 0 saturated heterocycles. The van der Waals surface area contributed by atoms with Gasteiger partial charge in [0.1, 0.15) is 0 Å². The number of fused-ring (bicyclic) bond motifs is 1. The minimum absolute atomic E-state index is 0.429. The number of aldehydes is 1. The van der Waals surface area contributed by atoms with Gasteiger partial charge in [-0.1, -0.05) is 22.0 Å². The monoisotopic (exact) mass is 250 g/mol. The van der Waals surface area contributed by atoms with Gasteiger partial charge < -0.3 is 5.73 Å². The number of hydrogen-bond donors (Lipinski definition) is 1. The fourth-order valence-electron chi connectivity index (χ4n) is 1.34. The maximum Gasteiger partial charge on any atom is 0.152 e. The second-order valence-corrected chi connectivity index (χ2v) is 3.73. The lowest BCUT2D eigenvalue weighted by Gasteiger charge is -2.05. The van der Waals surface area contributed by atoms with Crippen molar-refractivity contribution in [3.8, 4) is 0 Å². The average Bonchev–Trinajstić information content (AvgIpc) is 2.23. The van der Waals surface area contributed by atoms with E-state index in [1.807, 2.05) is 12.1 Å². The quantitative estimate of drug-likeness (QED) is 0.625. The van der Waals surface area contributed by atoms with Crippen molar-refractivity contribution in [1.29, 1.82) is 0 Å². The highest BCUT2D eigenvalue weighted by Gasteiger charge is 2.07. The smallest absolute Gasteiger partial charge is 0.152 e. The van der Waals surface area contributed by atoms with Gasteiger partial charge in [-0.25, -0.2) is 0 Å². The molecule has 70 valence electrons. The Hall–Kier alpha value is -1.42. The van der Waals surface area contributed by atoms with Crippen LogP contribution in [-0.2, 0) is 0 Å². The Balaban J connectivity index is 2.94. The van der Waals surface area contributed by atoms with Crippen LogP contribution in [0.5, 0.6) is 0 Å². The minimum Gasteiger partial charge on any atom is -0.396 e. The summed E-state index contributed by atoms with van der Waals surface area (Å²) in [5.41, 5.74) is 7.33. The summed E-state index contributed by atoms with van der Waals surface area (Å²) in [4.78, 5) is 14.8. The van der Waals surface area contributed by atoms with Gasteiger partial charge in [-0.05, 0) is 12.1 Å². The second-order valence-electron chi connectivity index (χ2n) is 2.88. The molecule has 0 spiro atoms. The number of nitrogens with two attached hydrogens (primary N) is 1. The van der Waals surface area contributed by atoms with E-state index in [9.17, 15) is 4.79 Å². The van der Waals surface area contributed by atoms with Crippen molar-refractivity contribution >= 4 is 38.8 Å². The van der Waals surface area contributed by atoms with Crippen LogP contribution in [0.2, 0.25) is 0 Å². The summed E-state index contributed by atoms with van der Waals surface area (Å²) < 4.78 is 0.830. The SMILES string of the molecule is Nc1c(C=O)cc(Br)c2cccnc12. The van der Waals surface area contributed by atoms with Crippen LogP contribution in [0.1, 0.15) is 10.4 Å². The van der Waals surface area contributed by atoms with E-state index in [0.29, 0.717) is 16.8 Å². The maximum atomic E-state index is 10.7. The fraction of sp³-hybridized carbons (Fsp3) is 0. The Bertz CT molecular complexity index is 511. The summed E-state index contributed by atoms with van der Waals surface area (Å²) in [5, 5.41) is 0.913. The molecule has 0 unspecified atom stereocenters. The van der Waals surface area contributed by atoms with E-state index < -0.39 is 0 Å². The van der Waals surface area contributed by atoms with Crippen LogP contribution in [0.25, 0.3) is 10.9 Å². The molecule has 14 heavy (non-hydrogen) atoms. The highest BCUT2D eigenvalue weighted by atomic mass is 79.9. The molecule has 2 aromatic rings. The molecule has 0 bridgehead atoms. The molecule has 4 heteroatoms. The van der Waals surface area contributed by atoms with E-state index in [0.717, 1.165) is 16.1 Å². The van der Waals surface area contributed by atoms with Gasteiger partial charge in [-0.3, -0.25) is 9.78 Å². The van der Waals surface area contributed by atoms with Crippen molar-refractivity contribution in [2.45, 2.75) is 0 Å². The summed E-state index contributed by atoms with van der Waals surface area (Å²) in [6.45, 7) is 0. The molecule has 1 aromatic carbocycles. The van der Waals surface area contributed by atoms with Gasteiger partial charge in [0.2, 0.25) is 0 Å². The van der Waals surface area contributed by atoms with Gasteiger partial charge in [-0.15, -0.1) is 0 Å². The molecule has 0 radical (unpaired) electrons. The summed E-state index contributed by atoms with van der Waals surface area (Å²) in [6.07, 6.45) is 2.38. The van der Waals surface area contributed by atoms with Gasteiger partial charge >= 0.3 is 0 Å². The first-order chi connectivity index (χ1) is 6.74. The van der Waals surface area contributed by atoms with Crippen molar-refractivity contribution in [3.05, 3.63) is 34.4 Å². The predicted octanol–water partition coefficient (Wildman–Crippen LogP) is 2.39. The maximum absolute atomic E-state index is 10.7. The van der Waals surface area contributed by atoms with Crippen molar-refractivity contribution in [1.82, 2.24) is 4.98 Å². The van der Waals surface area contributed by atoms with Crippen LogP contribution in [0, 0.1) is 0 Å². The molecule has 0 atom stereocenters. The lowest BCUT2D eigenvalue weighted by Crippen LogP contribution is -1.96. The van der Waals surface area contributed by atoms with Crippen LogP contribution in [0.15, 0.2) is 28.9 Å². The van der Waals surface area contributed by atoms with Gasteiger partial charge in [0, 0.05) is 21.6 Å². The van der Waals surface area contributed by atoms with E-state index in [1.165, 1.54) is 0 Å². The summed E-state index contributed by atoms with van der Waals surface area (Å²) in [7, 11) is 0. The molecule has 0 aliphatic heterocycles. The molecule has 3 nitrogen and oxygen atoms in total. The summed E-state index contributed by atoms with van der Waals surface area (Å²) in [6, 6.07) is 5.43. The molecule has 0 fully saturated rings. The summed E-state index contributed by atoms with van der Waals surface area (Å²) >= 11 is 3.37. The lowest BCUT2D eigenvalue weighted by molar-refractivity contribution is 0.112. The van der Waals surface area contributed by atoms with Gasteiger partial charge in [0.05, 0.1) is 11.2 Å². The van der Waals surface area contributed by atoms with E-state index in [1.54, 1.807) is 12.3 Å². The normalized spacial score (nSPS) is 10.4. The Kier molecular flexibility index (Phi) is 2.21. The van der Waals surface area contributed by atoms with Crippen molar-refractivity contribution in [3.63, 3.8) is 0 Å². The number of benzene rings is 1. The van der Waals surface area contributed by atoms with Crippen LogP contribution < -0.4 is 5.73 Å². The van der Waals surface area contributed by atoms with Crippen LogP contribution in [-0.4, -0.2) is 11.3 Å². The molecule has 1 aromatic heterocycles. The number of nitrogen functional groups attached to an aromatic ring is 1. The molecular weight excluding hydrogens is 244 g/mol. The van der Waals surface area contributed by atoms with Gasteiger partial charge in [0.25, 0.3) is 0 Å². The minimum atomic E-state index is 0.429. The van der Waals surface area contributed by atoms with Crippen LogP contribution in [0.4, 0.5) is 5.69 Å². The number of halogens is 1. The Morgan fingerprint density at radius 2 is 2.29 bits per heavy atom. The highest BCUT2D eigenvalue weighted by Crippen LogP contribution is 2.29.